The summed E-state index contributed by atoms with van der Waals surface area (Å²) in [7, 11) is 1.17. The zero-order valence-corrected chi connectivity index (χ0v) is 9.99. The van der Waals surface area contributed by atoms with Gasteiger partial charge in [0.25, 0.3) is 5.69 Å². The predicted molar refractivity (Wildman–Crippen MR) is 62.1 cm³/mol. The first-order chi connectivity index (χ1) is 9.43. The molecule has 0 unspecified atom stereocenters. The van der Waals surface area contributed by atoms with E-state index in [1.165, 1.54) is 7.11 Å². The summed E-state index contributed by atoms with van der Waals surface area (Å²) in [5.41, 5.74) is -1.03. The Morgan fingerprint density at radius 2 is 2.20 bits per heavy atom. The van der Waals surface area contributed by atoms with E-state index in [0.717, 1.165) is 12.1 Å². The van der Waals surface area contributed by atoms with Crippen LogP contribution in [0, 0.1) is 15.9 Å². The van der Waals surface area contributed by atoms with Crippen molar-refractivity contribution in [1.82, 2.24) is 5.16 Å². The summed E-state index contributed by atoms with van der Waals surface area (Å²) < 4.78 is 23.3. The third kappa shape index (κ3) is 2.28. The van der Waals surface area contributed by atoms with E-state index in [2.05, 4.69) is 5.16 Å². The van der Waals surface area contributed by atoms with Gasteiger partial charge in [0.15, 0.2) is 23.0 Å². The predicted octanol–water partition coefficient (Wildman–Crippen LogP) is 2.10. The van der Waals surface area contributed by atoms with E-state index in [4.69, 9.17) is 14.4 Å². The molecule has 1 aromatic carbocycles. The Balaban J connectivity index is 2.63. The molecular formula is C11H7FN2O6. The van der Waals surface area contributed by atoms with Gasteiger partial charge in [0, 0.05) is 12.1 Å². The van der Waals surface area contributed by atoms with Crippen LogP contribution in [0.4, 0.5) is 10.1 Å². The molecule has 0 aliphatic heterocycles. The number of aromatic nitrogens is 1. The maximum absolute atomic E-state index is 13.7. The molecule has 1 aromatic heterocycles. The van der Waals surface area contributed by atoms with Gasteiger partial charge < -0.3 is 14.4 Å². The van der Waals surface area contributed by atoms with Crippen molar-refractivity contribution in [1.29, 1.82) is 0 Å². The fourth-order valence-corrected chi connectivity index (χ4v) is 1.58. The number of carbonyl (C=O) groups is 1. The van der Waals surface area contributed by atoms with Crippen LogP contribution < -0.4 is 4.74 Å². The number of rotatable bonds is 4. The molecule has 0 fully saturated rings. The number of benzene rings is 1. The monoisotopic (exact) mass is 282 g/mol. The quantitative estimate of drug-likeness (QED) is 0.674. The normalized spacial score (nSPS) is 10.3. The largest absolute Gasteiger partial charge is 0.493 e. The summed E-state index contributed by atoms with van der Waals surface area (Å²) in [6.45, 7) is 0. The number of hydrogen-bond donors (Lipinski definition) is 1. The molecule has 20 heavy (non-hydrogen) atoms. The number of methoxy groups -OCH3 is 1. The Morgan fingerprint density at radius 1 is 1.50 bits per heavy atom. The van der Waals surface area contributed by atoms with Crippen LogP contribution in [0.25, 0.3) is 11.3 Å². The van der Waals surface area contributed by atoms with Gasteiger partial charge in [-0.2, -0.15) is 0 Å². The molecule has 1 N–H and O–H groups in total. The fourth-order valence-electron chi connectivity index (χ4n) is 1.58. The van der Waals surface area contributed by atoms with E-state index in [1.807, 2.05) is 0 Å². The van der Waals surface area contributed by atoms with Crippen LogP contribution in [0.15, 0.2) is 22.7 Å². The van der Waals surface area contributed by atoms with Gasteiger partial charge in [-0.1, -0.05) is 5.16 Å². The minimum atomic E-state index is -1.34. The number of nitro benzene ring substituents is 1. The second-order valence-corrected chi connectivity index (χ2v) is 3.65. The summed E-state index contributed by atoms with van der Waals surface area (Å²) >= 11 is 0. The van der Waals surface area contributed by atoms with Crippen molar-refractivity contribution in [2.45, 2.75) is 0 Å². The number of aromatic carboxylic acids is 1. The zero-order valence-electron chi connectivity index (χ0n) is 9.99. The summed E-state index contributed by atoms with van der Waals surface area (Å²) in [4.78, 5) is 20.6. The number of non-ortho nitro benzene ring substituents is 1. The van der Waals surface area contributed by atoms with Crippen molar-refractivity contribution in [3.63, 3.8) is 0 Å². The van der Waals surface area contributed by atoms with Crippen molar-refractivity contribution >= 4 is 11.7 Å². The van der Waals surface area contributed by atoms with Crippen molar-refractivity contribution < 1.29 is 28.5 Å². The topological polar surface area (TPSA) is 116 Å². The maximum Gasteiger partial charge on any atom is 0.358 e. The Morgan fingerprint density at radius 3 is 2.70 bits per heavy atom. The molecule has 2 rings (SSSR count). The average molecular weight is 282 g/mol. The number of nitrogens with zero attached hydrogens (tertiary/aromatic N) is 2. The lowest BCUT2D eigenvalue weighted by Gasteiger charge is -2.06. The van der Waals surface area contributed by atoms with Crippen LogP contribution in [0.2, 0.25) is 0 Å². The summed E-state index contributed by atoms with van der Waals surface area (Å²) in [5, 5.41) is 22.7. The first-order valence-corrected chi connectivity index (χ1v) is 5.16. The Kier molecular flexibility index (Phi) is 3.34. The van der Waals surface area contributed by atoms with Gasteiger partial charge in [0.05, 0.1) is 23.7 Å². The lowest BCUT2D eigenvalue weighted by atomic mass is 10.1. The molecule has 0 amide bonds. The highest BCUT2D eigenvalue weighted by molar-refractivity contribution is 5.87. The molecule has 0 spiro atoms. The third-order valence-electron chi connectivity index (χ3n) is 2.44. The SMILES string of the molecule is COc1c(F)cc([N+](=O)[O-])cc1-c1cc(C(=O)O)no1. The van der Waals surface area contributed by atoms with Crippen LogP contribution in [0.1, 0.15) is 10.5 Å². The first kappa shape index (κ1) is 13.5. The van der Waals surface area contributed by atoms with Gasteiger partial charge in [-0.05, 0) is 0 Å². The smallest absolute Gasteiger partial charge is 0.358 e. The number of carboxylic acids is 1. The molecule has 0 radical (unpaired) electrons. The molecule has 9 heteroatoms. The van der Waals surface area contributed by atoms with E-state index in [-0.39, 0.29) is 17.1 Å². The highest BCUT2D eigenvalue weighted by Gasteiger charge is 2.22. The summed E-state index contributed by atoms with van der Waals surface area (Å²) in [6, 6.07) is 2.72. The Bertz CT molecular complexity index is 696. The van der Waals surface area contributed by atoms with Crippen LogP contribution >= 0.6 is 0 Å². The number of halogens is 1. The molecular weight excluding hydrogens is 275 g/mol. The van der Waals surface area contributed by atoms with Crippen LogP contribution in [-0.4, -0.2) is 28.3 Å². The van der Waals surface area contributed by atoms with Crippen LogP contribution in [0.3, 0.4) is 0 Å². The molecule has 0 aliphatic carbocycles. The number of hydrogen-bond acceptors (Lipinski definition) is 6. The van der Waals surface area contributed by atoms with Gasteiger partial charge in [-0.15, -0.1) is 0 Å². The van der Waals surface area contributed by atoms with Crippen LogP contribution in [-0.2, 0) is 0 Å². The van der Waals surface area contributed by atoms with E-state index in [9.17, 15) is 19.3 Å². The minimum absolute atomic E-state index is 0.0980. The van der Waals surface area contributed by atoms with Gasteiger partial charge in [-0.3, -0.25) is 10.1 Å². The molecule has 104 valence electrons. The van der Waals surface area contributed by atoms with Crippen molar-refractivity contribution in [2.24, 2.45) is 0 Å². The molecule has 1 heterocycles. The number of nitro groups is 1. The maximum atomic E-state index is 13.7. The van der Waals surface area contributed by atoms with Crippen molar-refractivity contribution in [3.8, 4) is 17.1 Å². The fraction of sp³-hybridized carbons (Fsp3) is 0.0909. The van der Waals surface area contributed by atoms with E-state index in [1.54, 1.807) is 0 Å². The number of carboxylic acid groups (broad SMARTS) is 1. The molecule has 0 bridgehead atoms. The van der Waals surface area contributed by atoms with Gasteiger partial charge in [0.1, 0.15) is 0 Å². The molecule has 2 aromatic rings. The standard InChI is InChI=1S/C11H7FN2O6/c1-19-10-6(2-5(14(17)18)3-7(10)12)9-4-8(11(15)16)13-20-9/h2-4H,1H3,(H,15,16). The molecule has 0 atom stereocenters. The number of ether oxygens (including phenoxy) is 1. The molecule has 0 saturated heterocycles. The van der Waals surface area contributed by atoms with E-state index >= 15 is 0 Å². The van der Waals surface area contributed by atoms with E-state index < -0.39 is 28.1 Å². The van der Waals surface area contributed by atoms with Crippen molar-refractivity contribution in [3.05, 3.63) is 39.8 Å². The highest BCUT2D eigenvalue weighted by Crippen LogP contribution is 2.36. The van der Waals surface area contributed by atoms with Crippen molar-refractivity contribution in [2.75, 3.05) is 7.11 Å². The second kappa shape index (κ2) is 4.96. The minimum Gasteiger partial charge on any atom is -0.493 e. The average Bonchev–Trinajstić information content (AvgIpc) is 2.87. The lowest BCUT2D eigenvalue weighted by Crippen LogP contribution is -1.96. The molecule has 0 aliphatic rings. The van der Waals surface area contributed by atoms with Gasteiger partial charge in [-0.25, -0.2) is 9.18 Å². The first-order valence-electron chi connectivity index (χ1n) is 5.16. The van der Waals surface area contributed by atoms with Gasteiger partial charge >= 0.3 is 5.97 Å². The lowest BCUT2D eigenvalue weighted by molar-refractivity contribution is -0.385. The summed E-state index contributed by atoms with van der Waals surface area (Å²) in [5.74, 6) is -2.76. The molecule has 8 nitrogen and oxygen atoms in total. The second-order valence-electron chi connectivity index (χ2n) is 3.65. The third-order valence-corrected chi connectivity index (χ3v) is 2.44. The van der Waals surface area contributed by atoms with E-state index in [0.29, 0.717) is 6.07 Å². The molecule has 0 saturated carbocycles. The Hall–Kier alpha value is -2.97. The highest BCUT2D eigenvalue weighted by atomic mass is 19.1. The zero-order chi connectivity index (χ0) is 14.9. The summed E-state index contributed by atoms with van der Waals surface area (Å²) in [6.07, 6.45) is 0. The van der Waals surface area contributed by atoms with Crippen LogP contribution in [0.5, 0.6) is 5.75 Å². The Labute approximate surface area is 110 Å². The van der Waals surface area contributed by atoms with Gasteiger partial charge in [0.2, 0.25) is 0 Å².